The minimum absolute atomic E-state index is 0.604. The van der Waals surface area contributed by atoms with Gasteiger partial charge in [-0.15, -0.1) is 0 Å². The van der Waals surface area contributed by atoms with E-state index in [0.717, 1.165) is 0 Å². The Morgan fingerprint density at radius 1 is 1.00 bits per heavy atom. The van der Waals surface area contributed by atoms with Crippen LogP contribution in [-0.2, 0) is 10.1 Å². The van der Waals surface area contributed by atoms with Gasteiger partial charge in [-0.1, -0.05) is 26.2 Å². The molecule has 18 heavy (non-hydrogen) atoms. The van der Waals surface area contributed by atoms with Crippen molar-refractivity contribution in [2.45, 2.75) is 58.3 Å². The molecular formula is C13H29NO3S. The minimum Gasteiger partial charge on any atom is -0.748 e. The van der Waals surface area contributed by atoms with Gasteiger partial charge in [0, 0.05) is 6.26 Å². The fraction of sp³-hybridized carbons (Fsp3) is 1.00. The van der Waals surface area contributed by atoms with Crippen molar-refractivity contribution in [1.82, 2.24) is 0 Å². The Morgan fingerprint density at radius 3 is 2.00 bits per heavy atom. The average molecular weight is 279 g/mol. The molecule has 1 fully saturated rings. The highest BCUT2D eigenvalue weighted by Crippen LogP contribution is 2.01. The molecule has 110 valence electrons. The maximum absolute atomic E-state index is 9.08. The molecule has 0 aromatic heterocycles. The van der Waals surface area contributed by atoms with Crippen molar-refractivity contribution in [3.8, 4) is 0 Å². The van der Waals surface area contributed by atoms with Gasteiger partial charge in [0.2, 0.25) is 0 Å². The molecule has 0 bridgehead atoms. The second-order valence-electron chi connectivity index (χ2n) is 5.18. The third kappa shape index (κ3) is 15.9. The van der Waals surface area contributed by atoms with Gasteiger partial charge < -0.3 is 9.45 Å². The Kier molecular flexibility index (Phi) is 10.7. The normalized spacial score (nSPS) is 17.1. The molecule has 0 amide bonds. The molecule has 1 saturated heterocycles. The largest absolute Gasteiger partial charge is 0.748 e. The van der Waals surface area contributed by atoms with Gasteiger partial charge >= 0.3 is 0 Å². The van der Waals surface area contributed by atoms with Gasteiger partial charge in [-0.3, -0.25) is 0 Å². The predicted octanol–water partition coefficient (Wildman–Crippen LogP) is 1.19. The first-order chi connectivity index (χ1) is 8.43. The predicted molar refractivity (Wildman–Crippen MR) is 73.8 cm³/mol. The lowest BCUT2D eigenvalue weighted by atomic mass is 10.1. The first kappa shape index (κ1) is 17.9. The summed E-state index contributed by atoms with van der Waals surface area (Å²) in [7, 11) is -3.92. The molecule has 0 aromatic carbocycles. The highest BCUT2D eigenvalue weighted by atomic mass is 32.2. The summed E-state index contributed by atoms with van der Waals surface area (Å²) in [6.07, 6.45) is 12.3. The SMILES string of the molecule is CCCCCCC[NH+]1CCCCC1.CS(=O)(=O)[O-]. The molecule has 0 aliphatic carbocycles. The van der Waals surface area contributed by atoms with Crippen LogP contribution in [0.25, 0.3) is 0 Å². The molecule has 0 radical (unpaired) electrons. The summed E-state index contributed by atoms with van der Waals surface area (Å²) >= 11 is 0. The van der Waals surface area contributed by atoms with E-state index in [-0.39, 0.29) is 0 Å². The third-order valence-electron chi connectivity index (χ3n) is 3.19. The summed E-state index contributed by atoms with van der Waals surface area (Å²) in [6.45, 7) is 6.64. The number of likely N-dealkylation sites (tertiary alicyclic amines) is 1. The van der Waals surface area contributed by atoms with E-state index in [0.29, 0.717) is 6.26 Å². The molecule has 1 aliphatic rings. The second-order valence-corrected chi connectivity index (χ2v) is 6.59. The molecule has 1 N–H and O–H groups in total. The van der Waals surface area contributed by atoms with Gasteiger partial charge in [-0.2, -0.15) is 0 Å². The summed E-state index contributed by atoms with van der Waals surface area (Å²) < 4.78 is 27.2. The van der Waals surface area contributed by atoms with Crippen molar-refractivity contribution in [2.24, 2.45) is 0 Å². The summed E-state index contributed by atoms with van der Waals surface area (Å²) in [5.41, 5.74) is 0. The topological polar surface area (TPSA) is 61.6 Å². The summed E-state index contributed by atoms with van der Waals surface area (Å²) in [6, 6.07) is 0. The molecule has 0 spiro atoms. The zero-order valence-electron chi connectivity index (χ0n) is 11.9. The number of nitrogens with one attached hydrogen (secondary N) is 1. The molecule has 1 rings (SSSR count). The monoisotopic (exact) mass is 279 g/mol. The number of unbranched alkanes of at least 4 members (excludes halogenated alkanes) is 4. The number of piperidine rings is 1. The van der Waals surface area contributed by atoms with E-state index < -0.39 is 10.1 Å². The molecule has 1 heterocycles. The van der Waals surface area contributed by atoms with Crippen LogP contribution in [0, 0.1) is 0 Å². The Labute approximate surface area is 113 Å². The van der Waals surface area contributed by atoms with Crippen molar-refractivity contribution in [3.05, 3.63) is 0 Å². The van der Waals surface area contributed by atoms with E-state index in [4.69, 9.17) is 13.0 Å². The van der Waals surface area contributed by atoms with Crippen LogP contribution in [0.3, 0.4) is 0 Å². The number of hydrogen-bond acceptors (Lipinski definition) is 3. The van der Waals surface area contributed by atoms with Crippen LogP contribution < -0.4 is 4.90 Å². The number of quaternary nitrogens is 1. The quantitative estimate of drug-likeness (QED) is 0.587. The first-order valence-corrected chi connectivity index (χ1v) is 8.99. The zero-order valence-corrected chi connectivity index (χ0v) is 12.7. The van der Waals surface area contributed by atoms with Crippen LogP contribution in [0.5, 0.6) is 0 Å². The van der Waals surface area contributed by atoms with Crippen LogP contribution in [0.15, 0.2) is 0 Å². The van der Waals surface area contributed by atoms with E-state index in [2.05, 4.69) is 6.92 Å². The van der Waals surface area contributed by atoms with Crippen LogP contribution >= 0.6 is 0 Å². The van der Waals surface area contributed by atoms with Crippen LogP contribution in [-0.4, -0.2) is 38.9 Å². The van der Waals surface area contributed by atoms with Gasteiger partial charge in [0.15, 0.2) is 0 Å². The van der Waals surface area contributed by atoms with Crippen molar-refractivity contribution in [1.29, 1.82) is 0 Å². The van der Waals surface area contributed by atoms with E-state index in [1.54, 1.807) is 0 Å². The van der Waals surface area contributed by atoms with E-state index in [1.807, 2.05) is 4.90 Å². The standard InChI is InChI=1S/C12H25N.CH4O3S/c1-2-3-4-5-7-10-13-11-8-6-9-12-13;1-5(2,3)4/h2-12H2,1H3;1H3,(H,2,3,4). The van der Waals surface area contributed by atoms with E-state index in [1.165, 1.54) is 71.0 Å². The lowest BCUT2D eigenvalue weighted by Crippen LogP contribution is -3.12. The average Bonchev–Trinajstić information content (AvgIpc) is 2.28. The van der Waals surface area contributed by atoms with Crippen LogP contribution in [0.2, 0.25) is 0 Å². The molecule has 0 unspecified atom stereocenters. The summed E-state index contributed by atoms with van der Waals surface area (Å²) in [4.78, 5) is 1.88. The second kappa shape index (κ2) is 10.8. The van der Waals surface area contributed by atoms with Gasteiger partial charge in [0.1, 0.15) is 0 Å². The summed E-state index contributed by atoms with van der Waals surface area (Å²) in [5, 5.41) is 0. The fourth-order valence-corrected chi connectivity index (χ4v) is 2.28. The molecule has 5 heteroatoms. The Balaban J connectivity index is 0.000000494. The fourth-order valence-electron chi connectivity index (χ4n) is 2.28. The molecule has 1 aliphatic heterocycles. The van der Waals surface area contributed by atoms with Gasteiger partial charge in [0.25, 0.3) is 0 Å². The van der Waals surface area contributed by atoms with Crippen molar-refractivity contribution in [3.63, 3.8) is 0 Å². The van der Waals surface area contributed by atoms with Gasteiger partial charge in [-0.25, -0.2) is 8.42 Å². The van der Waals surface area contributed by atoms with Crippen LogP contribution in [0.4, 0.5) is 0 Å². The minimum atomic E-state index is -3.92. The first-order valence-electron chi connectivity index (χ1n) is 7.18. The highest BCUT2D eigenvalue weighted by molar-refractivity contribution is 7.84. The number of rotatable bonds is 6. The lowest BCUT2D eigenvalue weighted by molar-refractivity contribution is -0.905. The third-order valence-corrected chi connectivity index (χ3v) is 3.19. The van der Waals surface area contributed by atoms with Crippen molar-refractivity contribution in [2.75, 3.05) is 25.9 Å². The highest BCUT2D eigenvalue weighted by Gasteiger charge is 2.11. The van der Waals surface area contributed by atoms with E-state index >= 15 is 0 Å². The molecule has 0 atom stereocenters. The van der Waals surface area contributed by atoms with Gasteiger partial charge in [0.05, 0.1) is 29.8 Å². The van der Waals surface area contributed by atoms with E-state index in [9.17, 15) is 0 Å². The maximum Gasteiger partial charge on any atom is 0.0916 e. The molecular weight excluding hydrogens is 250 g/mol. The number of hydrogen-bond donors (Lipinski definition) is 1. The van der Waals surface area contributed by atoms with Gasteiger partial charge in [-0.05, 0) is 32.1 Å². The van der Waals surface area contributed by atoms with Crippen LogP contribution in [0.1, 0.15) is 58.3 Å². The maximum atomic E-state index is 9.08. The zero-order chi connectivity index (χ0) is 13.9. The molecule has 0 aromatic rings. The Bertz CT molecular complexity index is 264. The Hall–Kier alpha value is -0.130. The molecule has 4 nitrogen and oxygen atoms in total. The van der Waals surface area contributed by atoms with Crippen molar-refractivity contribution >= 4 is 10.1 Å². The molecule has 0 saturated carbocycles. The van der Waals surface area contributed by atoms with Crippen molar-refractivity contribution < 1.29 is 17.9 Å². The smallest absolute Gasteiger partial charge is 0.0916 e. The summed E-state index contributed by atoms with van der Waals surface area (Å²) in [5.74, 6) is 0. The lowest BCUT2D eigenvalue weighted by Gasteiger charge is -2.23. The Morgan fingerprint density at radius 2 is 1.50 bits per heavy atom.